The van der Waals surface area contributed by atoms with Crippen molar-refractivity contribution in [3.8, 4) is 0 Å². The largest absolute Gasteiger partial charge is 0.327 e. The number of pyridine rings is 1. The highest BCUT2D eigenvalue weighted by Gasteiger charge is 2.31. The summed E-state index contributed by atoms with van der Waals surface area (Å²) in [5, 5.41) is 18.2. The van der Waals surface area contributed by atoms with Gasteiger partial charge in [-0.2, -0.15) is 0 Å². The molecule has 1 atom stereocenters. The van der Waals surface area contributed by atoms with Crippen molar-refractivity contribution in [2.45, 2.75) is 6.04 Å². The van der Waals surface area contributed by atoms with Gasteiger partial charge in [-0.1, -0.05) is 66.7 Å². The van der Waals surface area contributed by atoms with Crippen molar-refractivity contribution in [1.29, 1.82) is 0 Å². The number of carbonyl (C=O) groups is 1. The monoisotopic (exact) mass is 422 g/mol. The number of rotatable bonds is 4. The van der Waals surface area contributed by atoms with Crippen LogP contribution in [-0.4, -0.2) is 15.9 Å². The molecule has 0 fully saturated rings. The molecule has 1 aromatic heterocycles. The molecular weight excluding hydrogens is 404 g/mol. The van der Waals surface area contributed by atoms with Crippen LogP contribution in [0.2, 0.25) is 0 Å². The quantitative estimate of drug-likeness (QED) is 0.355. The van der Waals surface area contributed by atoms with Crippen LogP contribution in [0.1, 0.15) is 22.9 Å². The Labute approximate surface area is 183 Å². The normalized spacial score (nSPS) is 15.9. The molecule has 32 heavy (non-hydrogen) atoms. The molecule has 1 aliphatic heterocycles. The van der Waals surface area contributed by atoms with Gasteiger partial charge in [0.25, 0.3) is 5.69 Å². The Morgan fingerprint density at radius 1 is 0.875 bits per heavy atom. The van der Waals surface area contributed by atoms with Gasteiger partial charge in [0.05, 0.1) is 27.9 Å². The summed E-state index contributed by atoms with van der Waals surface area (Å²) < 4.78 is 0. The third kappa shape index (κ3) is 3.56. The van der Waals surface area contributed by atoms with Crippen LogP contribution in [0.25, 0.3) is 22.2 Å². The topological polar surface area (TPSA) is 97.2 Å². The lowest BCUT2D eigenvalue weighted by molar-refractivity contribution is -0.384. The third-order valence-corrected chi connectivity index (χ3v) is 5.42. The molecule has 2 amide bonds. The molecule has 7 nitrogen and oxygen atoms in total. The molecule has 3 aromatic carbocycles. The Kier molecular flexibility index (Phi) is 4.84. The maximum atomic E-state index is 12.6. The predicted molar refractivity (Wildman–Crippen MR) is 123 cm³/mol. The average molecular weight is 422 g/mol. The molecular formula is C25H18N4O3. The Morgan fingerprint density at radius 2 is 1.66 bits per heavy atom. The van der Waals surface area contributed by atoms with Crippen molar-refractivity contribution >= 4 is 33.9 Å². The molecule has 156 valence electrons. The summed E-state index contributed by atoms with van der Waals surface area (Å²) in [6.45, 7) is 0. The number of para-hydroxylation sites is 1. The van der Waals surface area contributed by atoms with Crippen LogP contribution in [0.5, 0.6) is 0 Å². The molecule has 5 rings (SSSR count). The van der Waals surface area contributed by atoms with Crippen LogP contribution >= 0.6 is 0 Å². The van der Waals surface area contributed by atoms with Crippen molar-refractivity contribution in [2.24, 2.45) is 0 Å². The highest BCUT2D eigenvalue weighted by molar-refractivity contribution is 6.03. The predicted octanol–water partition coefficient (Wildman–Crippen LogP) is 5.07. The molecule has 0 bridgehead atoms. The van der Waals surface area contributed by atoms with Gasteiger partial charge in [-0.25, -0.2) is 9.78 Å². The first-order valence-electron chi connectivity index (χ1n) is 10.1. The smallest absolute Gasteiger partial charge is 0.320 e. The zero-order valence-corrected chi connectivity index (χ0v) is 16.9. The first-order chi connectivity index (χ1) is 15.6. The van der Waals surface area contributed by atoms with Crippen LogP contribution < -0.4 is 10.6 Å². The van der Waals surface area contributed by atoms with Crippen molar-refractivity contribution in [3.05, 3.63) is 118 Å². The zero-order chi connectivity index (χ0) is 22.1. The van der Waals surface area contributed by atoms with E-state index in [-0.39, 0.29) is 11.7 Å². The number of nitro benzene ring substituents is 1. The number of nitro groups is 1. The Bertz CT molecular complexity index is 1380. The number of urea groups is 1. The molecule has 0 aliphatic carbocycles. The second-order valence-corrected chi connectivity index (χ2v) is 7.43. The summed E-state index contributed by atoms with van der Waals surface area (Å²) in [5.74, 6) is 0. The van der Waals surface area contributed by atoms with Crippen molar-refractivity contribution in [3.63, 3.8) is 0 Å². The van der Waals surface area contributed by atoms with Gasteiger partial charge in [0.2, 0.25) is 0 Å². The SMILES string of the molecule is O=C1NC(c2ccccc2)=C(c2ccc3ccccc3n2)C(c2cccc([N+](=O)[O-])c2)N1. The van der Waals surface area contributed by atoms with E-state index in [9.17, 15) is 14.9 Å². The molecule has 0 spiro atoms. The van der Waals surface area contributed by atoms with Crippen molar-refractivity contribution in [2.75, 3.05) is 0 Å². The zero-order valence-electron chi connectivity index (χ0n) is 16.9. The van der Waals surface area contributed by atoms with Gasteiger partial charge in [0, 0.05) is 23.1 Å². The number of nitrogens with zero attached hydrogens (tertiary/aromatic N) is 2. The van der Waals surface area contributed by atoms with E-state index in [2.05, 4.69) is 10.6 Å². The lowest BCUT2D eigenvalue weighted by Crippen LogP contribution is -2.43. The number of nitrogens with one attached hydrogen (secondary N) is 2. The van der Waals surface area contributed by atoms with E-state index >= 15 is 0 Å². The molecule has 4 aromatic rings. The van der Waals surface area contributed by atoms with E-state index in [4.69, 9.17) is 4.98 Å². The van der Waals surface area contributed by atoms with Crippen molar-refractivity contribution < 1.29 is 9.72 Å². The van der Waals surface area contributed by atoms with E-state index in [1.54, 1.807) is 12.1 Å². The number of aromatic nitrogens is 1. The molecule has 1 unspecified atom stereocenters. The van der Waals surface area contributed by atoms with Crippen LogP contribution in [0.4, 0.5) is 10.5 Å². The molecule has 0 radical (unpaired) electrons. The van der Waals surface area contributed by atoms with E-state index < -0.39 is 11.0 Å². The molecule has 2 heterocycles. The minimum absolute atomic E-state index is 0.0395. The Balaban J connectivity index is 1.77. The molecule has 0 saturated heterocycles. The molecule has 7 heteroatoms. The summed E-state index contributed by atoms with van der Waals surface area (Å²) in [6, 6.07) is 26.5. The number of amides is 2. The van der Waals surface area contributed by atoms with E-state index in [1.807, 2.05) is 66.7 Å². The highest BCUT2D eigenvalue weighted by Crippen LogP contribution is 2.38. The minimum Gasteiger partial charge on any atom is -0.327 e. The number of non-ortho nitro benzene ring substituents is 1. The fraction of sp³-hybridized carbons (Fsp3) is 0.0400. The third-order valence-electron chi connectivity index (χ3n) is 5.42. The van der Waals surface area contributed by atoms with Gasteiger partial charge in [-0.05, 0) is 23.3 Å². The number of hydrogen-bond acceptors (Lipinski definition) is 4. The van der Waals surface area contributed by atoms with Crippen LogP contribution in [-0.2, 0) is 0 Å². The van der Waals surface area contributed by atoms with Gasteiger partial charge in [0.1, 0.15) is 0 Å². The van der Waals surface area contributed by atoms with E-state index in [0.29, 0.717) is 17.0 Å². The highest BCUT2D eigenvalue weighted by atomic mass is 16.6. The Hall–Kier alpha value is -4.52. The lowest BCUT2D eigenvalue weighted by atomic mass is 9.90. The maximum absolute atomic E-state index is 12.6. The summed E-state index contributed by atoms with van der Waals surface area (Å²) in [5.41, 5.74) is 4.24. The van der Waals surface area contributed by atoms with Gasteiger partial charge in [-0.15, -0.1) is 0 Å². The summed E-state index contributed by atoms with van der Waals surface area (Å²) >= 11 is 0. The standard InChI is InChI=1S/C25H18N4O3/c30-25-27-23(17-8-2-1-3-9-17)22(21-14-13-16-7-4-5-12-20(16)26-21)24(28-25)18-10-6-11-19(15-18)29(31)32/h1-15,24H,(H2,27,28,30). The van der Waals surface area contributed by atoms with E-state index in [1.165, 1.54) is 12.1 Å². The lowest BCUT2D eigenvalue weighted by Gasteiger charge is -2.30. The second-order valence-electron chi connectivity index (χ2n) is 7.43. The van der Waals surface area contributed by atoms with Gasteiger partial charge >= 0.3 is 6.03 Å². The second kappa shape index (κ2) is 7.96. The first-order valence-corrected chi connectivity index (χ1v) is 10.1. The number of hydrogen-bond donors (Lipinski definition) is 2. The number of fused-ring (bicyclic) bond motifs is 1. The number of benzene rings is 3. The van der Waals surface area contributed by atoms with Gasteiger partial charge in [-0.3, -0.25) is 10.1 Å². The van der Waals surface area contributed by atoms with Gasteiger partial charge < -0.3 is 10.6 Å². The van der Waals surface area contributed by atoms with E-state index in [0.717, 1.165) is 22.0 Å². The molecule has 2 N–H and O–H groups in total. The maximum Gasteiger partial charge on any atom is 0.320 e. The molecule has 0 saturated carbocycles. The Morgan fingerprint density at radius 3 is 2.47 bits per heavy atom. The average Bonchev–Trinajstić information content (AvgIpc) is 2.84. The van der Waals surface area contributed by atoms with Crippen molar-refractivity contribution in [1.82, 2.24) is 15.6 Å². The number of carbonyl (C=O) groups excluding carboxylic acids is 1. The minimum atomic E-state index is -0.618. The van der Waals surface area contributed by atoms with Gasteiger partial charge in [0.15, 0.2) is 0 Å². The van der Waals surface area contributed by atoms with Crippen LogP contribution in [0, 0.1) is 10.1 Å². The summed E-state index contributed by atoms with van der Waals surface area (Å²) in [6.07, 6.45) is 0. The summed E-state index contributed by atoms with van der Waals surface area (Å²) in [7, 11) is 0. The fourth-order valence-electron chi connectivity index (χ4n) is 3.96. The first kappa shape index (κ1) is 19.4. The van der Waals surface area contributed by atoms with Crippen LogP contribution in [0.3, 0.4) is 0 Å². The van der Waals surface area contributed by atoms with Crippen LogP contribution in [0.15, 0.2) is 91.0 Å². The summed E-state index contributed by atoms with van der Waals surface area (Å²) in [4.78, 5) is 28.4. The fourth-order valence-corrected chi connectivity index (χ4v) is 3.96. The molecule has 1 aliphatic rings.